The van der Waals surface area contributed by atoms with Gasteiger partial charge in [-0.25, -0.2) is 23.4 Å². The van der Waals surface area contributed by atoms with Crippen molar-refractivity contribution in [3.63, 3.8) is 0 Å². The molecule has 1 aromatic carbocycles. The number of aromatic nitrogens is 4. The number of aliphatic hydroxyl groups excluding tert-OH is 1. The zero-order chi connectivity index (χ0) is 29.4. The molecule has 1 unspecified atom stereocenters. The largest absolute Gasteiger partial charge is 0.461 e. The van der Waals surface area contributed by atoms with Crippen LogP contribution in [0.4, 0.5) is 10.2 Å². The molecule has 2 aliphatic rings. The van der Waals surface area contributed by atoms with Gasteiger partial charge in [0.15, 0.2) is 17.1 Å². The first kappa shape index (κ1) is 29.3. The highest BCUT2D eigenvalue weighted by atomic mass is 31.2. The first-order valence-corrected chi connectivity index (χ1v) is 15.0. The standard InChI is InChI=1S/C26H34FN6O7P/c1-4-16(2)38-24(35)26(11-8-12-26)32-41(36,40-17-9-6-5-7-10-17)37-14-19-20(34)25(3,27)21(39-19)18-13-29-23-22(28)30-15-31-33(18)23/h5-7,9-10,13,15-16,19-21,34H,4,8,11-12,14H2,1-3H3,(H,32,36)(H2,28,30,31)/t16-,19+,20+,21-,25+,41?/m0/s1. The minimum Gasteiger partial charge on any atom is -0.461 e. The molecule has 1 aliphatic carbocycles. The van der Waals surface area contributed by atoms with E-state index in [2.05, 4.69) is 20.2 Å². The molecule has 2 aromatic heterocycles. The minimum absolute atomic E-state index is 0.0899. The highest BCUT2D eigenvalue weighted by Gasteiger charge is 2.57. The quantitative estimate of drug-likeness (QED) is 0.219. The summed E-state index contributed by atoms with van der Waals surface area (Å²) in [4.78, 5) is 21.1. The van der Waals surface area contributed by atoms with Crippen LogP contribution in [0.25, 0.3) is 5.65 Å². The van der Waals surface area contributed by atoms with Gasteiger partial charge in [-0.3, -0.25) is 9.32 Å². The summed E-state index contributed by atoms with van der Waals surface area (Å²) in [5.41, 5.74) is 2.66. The molecule has 1 saturated heterocycles. The maximum atomic E-state index is 15.9. The van der Waals surface area contributed by atoms with Crippen LogP contribution in [0.5, 0.6) is 5.75 Å². The highest BCUT2D eigenvalue weighted by Crippen LogP contribution is 2.52. The number of nitrogen functional groups attached to an aromatic ring is 1. The second-order valence-electron chi connectivity index (χ2n) is 10.6. The van der Waals surface area contributed by atoms with Gasteiger partial charge in [0.05, 0.1) is 24.6 Å². The average molecular weight is 593 g/mol. The number of rotatable bonds is 11. The Morgan fingerprint density at radius 1 is 1.34 bits per heavy atom. The fourth-order valence-electron chi connectivity index (χ4n) is 4.83. The van der Waals surface area contributed by atoms with E-state index >= 15 is 4.39 Å². The van der Waals surface area contributed by atoms with Crippen molar-refractivity contribution in [1.82, 2.24) is 24.7 Å². The topological polar surface area (TPSA) is 172 Å². The van der Waals surface area contributed by atoms with E-state index in [0.29, 0.717) is 25.7 Å². The summed E-state index contributed by atoms with van der Waals surface area (Å²) in [6.07, 6.45) is -0.0302. The van der Waals surface area contributed by atoms with E-state index in [4.69, 9.17) is 24.3 Å². The number of para-hydroxylation sites is 1. The zero-order valence-electron chi connectivity index (χ0n) is 23.0. The van der Waals surface area contributed by atoms with Crippen molar-refractivity contribution >= 4 is 25.2 Å². The molecule has 13 nitrogen and oxygen atoms in total. The number of carbonyl (C=O) groups excluding carboxylic acids is 1. The van der Waals surface area contributed by atoms with Gasteiger partial charge in [-0.05, 0) is 51.7 Å². The van der Waals surface area contributed by atoms with Gasteiger partial charge in [-0.1, -0.05) is 25.1 Å². The third kappa shape index (κ3) is 5.67. The molecule has 3 heterocycles. The lowest BCUT2D eigenvalue weighted by atomic mass is 9.78. The molecule has 1 saturated carbocycles. The first-order chi connectivity index (χ1) is 19.5. The molecule has 1 aliphatic heterocycles. The Morgan fingerprint density at radius 3 is 2.73 bits per heavy atom. The van der Waals surface area contributed by atoms with Crippen LogP contribution in [0.2, 0.25) is 0 Å². The Morgan fingerprint density at radius 2 is 2.07 bits per heavy atom. The van der Waals surface area contributed by atoms with Crippen LogP contribution in [0.15, 0.2) is 42.9 Å². The van der Waals surface area contributed by atoms with E-state index < -0.39 is 49.8 Å². The first-order valence-electron chi connectivity index (χ1n) is 13.4. The number of halogens is 1. The number of nitrogens with zero attached hydrogens (tertiary/aromatic N) is 4. The van der Waals surface area contributed by atoms with Crippen LogP contribution in [0.3, 0.4) is 0 Å². The molecular formula is C26H34FN6O7P. The van der Waals surface area contributed by atoms with E-state index in [-0.39, 0.29) is 29.0 Å². The van der Waals surface area contributed by atoms with Crippen molar-refractivity contribution in [2.24, 2.45) is 0 Å². The van der Waals surface area contributed by atoms with Crippen LogP contribution in [0, 0.1) is 0 Å². The second-order valence-corrected chi connectivity index (χ2v) is 12.2. The van der Waals surface area contributed by atoms with Gasteiger partial charge in [0, 0.05) is 0 Å². The Bertz CT molecular complexity index is 1440. The van der Waals surface area contributed by atoms with E-state index in [9.17, 15) is 14.5 Å². The van der Waals surface area contributed by atoms with Gasteiger partial charge >= 0.3 is 13.7 Å². The molecule has 0 spiro atoms. The Hall–Kier alpha value is -3.16. The fourth-order valence-corrected chi connectivity index (χ4v) is 6.57. The molecule has 6 atom stereocenters. The lowest BCUT2D eigenvalue weighted by molar-refractivity contribution is -0.159. The minimum atomic E-state index is -4.30. The molecule has 4 N–H and O–H groups in total. The Kier molecular flexibility index (Phi) is 8.05. The highest BCUT2D eigenvalue weighted by molar-refractivity contribution is 7.52. The Balaban J connectivity index is 1.37. The number of carbonyl (C=O) groups is 1. The molecule has 3 aromatic rings. The normalized spacial score (nSPS) is 27.6. The SMILES string of the molecule is CC[C@H](C)OC(=O)C1(NP(=O)(OC[C@H]2O[C@@H](c3cnc4c(N)ncnn34)[C@](C)(F)[C@@H]2O)Oc2ccccc2)CCC1. The van der Waals surface area contributed by atoms with E-state index in [1.54, 1.807) is 37.3 Å². The van der Waals surface area contributed by atoms with Crippen molar-refractivity contribution in [3.05, 3.63) is 48.5 Å². The average Bonchev–Trinajstić information content (AvgIpc) is 3.44. The predicted octanol–water partition coefficient (Wildman–Crippen LogP) is 3.29. The summed E-state index contributed by atoms with van der Waals surface area (Å²) in [5, 5.41) is 17.8. The lowest BCUT2D eigenvalue weighted by Gasteiger charge is -2.41. The van der Waals surface area contributed by atoms with Crippen LogP contribution in [-0.4, -0.2) is 66.8 Å². The number of nitrogens with two attached hydrogens (primary N) is 1. The van der Waals surface area contributed by atoms with Gasteiger partial charge in [-0.15, -0.1) is 0 Å². The van der Waals surface area contributed by atoms with Gasteiger partial charge in [0.1, 0.15) is 35.9 Å². The third-order valence-electron chi connectivity index (χ3n) is 7.59. The molecule has 0 radical (unpaired) electrons. The maximum Gasteiger partial charge on any atom is 0.459 e. The molecule has 5 rings (SSSR count). The van der Waals surface area contributed by atoms with Crippen molar-refractivity contribution in [2.75, 3.05) is 12.3 Å². The molecule has 41 heavy (non-hydrogen) atoms. The van der Waals surface area contributed by atoms with Crippen molar-refractivity contribution in [1.29, 1.82) is 0 Å². The number of esters is 1. The molecule has 2 fully saturated rings. The second kappa shape index (κ2) is 11.3. The van der Waals surface area contributed by atoms with Crippen LogP contribution in [-0.2, 0) is 23.4 Å². The van der Waals surface area contributed by atoms with Gasteiger partial charge < -0.3 is 24.8 Å². The summed E-state index contributed by atoms with van der Waals surface area (Å²) in [7, 11) is -4.30. The van der Waals surface area contributed by atoms with Crippen molar-refractivity contribution < 1.29 is 37.4 Å². The van der Waals surface area contributed by atoms with E-state index in [1.165, 1.54) is 24.0 Å². The number of hydrogen-bond acceptors (Lipinski definition) is 11. The number of benzene rings is 1. The van der Waals surface area contributed by atoms with Gasteiger partial charge in [-0.2, -0.15) is 10.2 Å². The number of nitrogens with one attached hydrogen (secondary N) is 1. The number of fused-ring (bicyclic) bond motifs is 1. The maximum absolute atomic E-state index is 15.9. The number of aliphatic hydroxyl groups is 1. The van der Waals surface area contributed by atoms with Crippen molar-refractivity contribution in [2.45, 2.75) is 82.1 Å². The Labute approximate surface area is 236 Å². The van der Waals surface area contributed by atoms with E-state index in [0.717, 1.165) is 0 Å². The van der Waals surface area contributed by atoms with E-state index in [1.807, 2.05) is 6.92 Å². The monoisotopic (exact) mass is 592 g/mol. The van der Waals surface area contributed by atoms with Crippen LogP contribution < -0.4 is 15.3 Å². The van der Waals surface area contributed by atoms with Crippen molar-refractivity contribution in [3.8, 4) is 5.75 Å². The number of hydrogen-bond donors (Lipinski definition) is 3. The molecule has 0 amide bonds. The number of alkyl halides is 1. The predicted molar refractivity (Wildman–Crippen MR) is 145 cm³/mol. The zero-order valence-corrected chi connectivity index (χ0v) is 23.9. The smallest absolute Gasteiger partial charge is 0.459 e. The number of ether oxygens (including phenoxy) is 2. The summed E-state index contributed by atoms with van der Waals surface area (Å²) in [6.45, 7) is 4.31. The lowest BCUT2D eigenvalue weighted by Crippen LogP contribution is -2.57. The molecular weight excluding hydrogens is 558 g/mol. The number of imidazole rings is 1. The van der Waals surface area contributed by atoms with Gasteiger partial charge in [0.2, 0.25) is 0 Å². The number of anilines is 1. The van der Waals surface area contributed by atoms with Crippen LogP contribution in [0.1, 0.15) is 58.3 Å². The third-order valence-corrected chi connectivity index (χ3v) is 9.23. The molecule has 15 heteroatoms. The van der Waals surface area contributed by atoms with Gasteiger partial charge in [0.25, 0.3) is 0 Å². The summed E-state index contributed by atoms with van der Waals surface area (Å²) in [6, 6.07) is 8.29. The summed E-state index contributed by atoms with van der Waals surface area (Å²) >= 11 is 0. The van der Waals surface area contributed by atoms with Crippen LogP contribution >= 0.6 is 7.75 Å². The molecule has 222 valence electrons. The summed E-state index contributed by atoms with van der Waals surface area (Å²) < 4.78 is 54.4. The molecule has 0 bridgehead atoms. The summed E-state index contributed by atoms with van der Waals surface area (Å²) in [5.74, 6) is -0.245. The fraction of sp³-hybridized carbons (Fsp3) is 0.538.